The van der Waals surface area contributed by atoms with Gasteiger partial charge in [-0.3, -0.25) is 9.00 Å². The second-order valence-electron chi connectivity index (χ2n) is 3.10. The molecule has 0 aromatic heterocycles. The molecule has 3 nitrogen and oxygen atoms in total. The summed E-state index contributed by atoms with van der Waals surface area (Å²) in [6, 6.07) is 0. The summed E-state index contributed by atoms with van der Waals surface area (Å²) in [7, 11) is -1.16. The molecular formula is C9H18O3S. The molecule has 0 spiro atoms. The van der Waals surface area contributed by atoms with Gasteiger partial charge in [0, 0.05) is 16.6 Å². The van der Waals surface area contributed by atoms with Gasteiger partial charge < -0.3 is 5.11 Å². The summed E-state index contributed by atoms with van der Waals surface area (Å²) in [5, 5.41) is 8.33. The van der Waals surface area contributed by atoms with Crippen molar-refractivity contribution in [2.24, 2.45) is 0 Å². The molecule has 0 aliphatic heterocycles. The Labute approximate surface area is 82.0 Å². The van der Waals surface area contributed by atoms with Gasteiger partial charge in [-0.15, -0.1) is 0 Å². The summed E-state index contributed by atoms with van der Waals surface area (Å²) in [6.07, 6.45) is 5.53. The lowest BCUT2D eigenvalue weighted by Crippen LogP contribution is -2.11. The first-order valence-corrected chi connectivity index (χ1v) is 6.22. The Balaban J connectivity index is 3.22. The maximum atomic E-state index is 11.0. The third-order valence-corrected chi connectivity index (χ3v) is 3.07. The summed E-state index contributed by atoms with van der Waals surface area (Å²) < 4.78 is 11.0. The first-order chi connectivity index (χ1) is 6.16. The van der Waals surface area contributed by atoms with Crippen LogP contribution in [0.25, 0.3) is 0 Å². The largest absolute Gasteiger partial charge is 0.481 e. The fourth-order valence-electron chi connectivity index (χ4n) is 1.08. The molecule has 1 atom stereocenters. The van der Waals surface area contributed by atoms with E-state index in [1.54, 1.807) is 0 Å². The van der Waals surface area contributed by atoms with Crippen molar-refractivity contribution in [1.82, 2.24) is 0 Å². The van der Waals surface area contributed by atoms with Crippen LogP contribution in [0.3, 0.4) is 0 Å². The summed E-state index contributed by atoms with van der Waals surface area (Å²) in [5.41, 5.74) is 0. The van der Waals surface area contributed by atoms with Crippen LogP contribution in [-0.2, 0) is 15.6 Å². The van der Waals surface area contributed by atoms with Gasteiger partial charge in [-0.2, -0.15) is 0 Å². The standard InChI is InChI=1S/C9H18O3S/c1-2-3-4-5-6-7-13(12)8-9(10)11/h2-8H2,1H3,(H,10,11). The zero-order valence-corrected chi connectivity index (χ0v) is 8.94. The number of hydrogen-bond donors (Lipinski definition) is 1. The van der Waals surface area contributed by atoms with E-state index in [2.05, 4.69) is 6.92 Å². The molecule has 0 rings (SSSR count). The van der Waals surface area contributed by atoms with E-state index in [-0.39, 0.29) is 5.75 Å². The van der Waals surface area contributed by atoms with E-state index in [1.165, 1.54) is 19.3 Å². The zero-order valence-electron chi connectivity index (χ0n) is 8.12. The Morgan fingerprint density at radius 3 is 2.38 bits per heavy atom. The topological polar surface area (TPSA) is 54.4 Å². The Morgan fingerprint density at radius 2 is 1.85 bits per heavy atom. The lowest BCUT2D eigenvalue weighted by atomic mass is 10.2. The van der Waals surface area contributed by atoms with Gasteiger partial charge in [0.25, 0.3) is 0 Å². The summed E-state index contributed by atoms with van der Waals surface area (Å²) in [4.78, 5) is 10.2. The summed E-state index contributed by atoms with van der Waals surface area (Å²) >= 11 is 0. The van der Waals surface area contributed by atoms with Gasteiger partial charge in [-0.05, 0) is 6.42 Å². The number of carbonyl (C=O) groups is 1. The predicted octanol–water partition coefficient (Wildman–Crippen LogP) is 1.79. The molecule has 78 valence electrons. The Bertz CT molecular complexity index is 168. The number of hydrogen-bond acceptors (Lipinski definition) is 2. The van der Waals surface area contributed by atoms with Gasteiger partial charge in [0.1, 0.15) is 5.75 Å². The highest BCUT2D eigenvalue weighted by molar-refractivity contribution is 7.85. The Kier molecular flexibility index (Phi) is 7.99. The fraction of sp³-hybridized carbons (Fsp3) is 0.889. The van der Waals surface area contributed by atoms with Gasteiger partial charge in [0.15, 0.2) is 0 Å². The lowest BCUT2D eigenvalue weighted by molar-refractivity contribution is -0.133. The number of carboxylic acid groups (broad SMARTS) is 1. The van der Waals surface area contributed by atoms with Crippen molar-refractivity contribution in [3.63, 3.8) is 0 Å². The van der Waals surface area contributed by atoms with Crippen LogP contribution >= 0.6 is 0 Å². The minimum absolute atomic E-state index is 0.201. The van der Waals surface area contributed by atoms with Crippen LogP contribution in [-0.4, -0.2) is 26.8 Å². The van der Waals surface area contributed by atoms with E-state index in [9.17, 15) is 9.00 Å². The molecule has 0 aliphatic rings. The Morgan fingerprint density at radius 1 is 1.23 bits per heavy atom. The van der Waals surface area contributed by atoms with Gasteiger partial charge in [0.05, 0.1) is 0 Å². The van der Waals surface area contributed by atoms with Crippen LogP contribution in [0.15, 0.2) is 0 Å². The lowest BCUT2D eigenvalue weighted by Gasteiger charge is -1.99. The van der Waals surface area contributed by atoms with Gasteiger partial charge in [0.2, 0.25) is 0 Å². The molecule has 1 unspecified atom stereocenters. The average Bonchev–Trinajstić information content (AvgIpc) is 2.02. The number of unbranched alkanes of at least 4 members (excludes halogenated alkanes) is 4. The van der Waals surface area contributed by atoms with Crippen LogP contribution in [0.1, 0.15) is 39.0 Å². The first kappa shape index (κ1) is 12.6. The van der Waals surface area contributed by atoms with Crippen LogP contribution < -0.4 is 0 Å². The normalized spacial score (nSPS) is 12.7. The summed E-state index contributed by atoms with van der Waals surface area (Å²) in [6.45, 7) is 2.14. The highest BCUT2D eigenvalue weighted by Gasteiger charge is 2.04. The third kappa shape index (κ3) is 9.53. The molecule has 0 bridgehead atoms. The van der Waals surface area contributed by atoms with E-state index in [0.29, 0.717) is 5.75 Å². The molecule has 0 heterocycles. The van der Waals surface area contributed by atoms with Gasteiger partial charge in [-0.1, -0.05) is 32.6 Å². The van der Waals surface area contributed by atoms with Crippen molar-refractivity contribution in [3.8, 4) is 0 Å². The zero-order chi connectivity index (χ0) is 10.1. The minimum atomic E-state index is -1.16. The highest BCUT2D eigenvalue weighted by Crippen LogP contribution is 2.03. The molecule has 0 amide bonds. The van der Waals surface area contributed by atoms with E-state index < -0.39 is 16.8 Å². The van der Waals surface area contributed by atoms with E-state index >= 15 is 0 Å². The first-order valence-electron chi connectivity index (χ1n) is 4.73. The average molecular weight is 206 g/mol. The smallest absolute Gasteiger partial charge is 0.316 e. The molecule has 0 saturated heterocycles. The second-order valence-corrected chi connectivity index (χ2v) is 4.67. The van der Waals surface area contributed by atoms with Gasteiger partial charge in [-0.25, -0.2) is 0 Å². The van der Waals surface area contributed by atoms with Crippen molar-refractivity contribution < 1.29 is 14.1 Å². The molecule has 1 N–H and O–H groups in total. The Hall–Kier alpha value is -0.380. The predicted molar refractivity (Wildman–Crippen MR) is 54.3 cm³/mol. The van der Waals surface area contributed by atoms with E-state index in [1.807, 2.05) is 0 Å². The van der Waals surface area contributed by atoms with Crippen molar-refractivity contribution in [2.45, 2.75) is 39.0 Å². The minimum Gasteiger partial charge on any atom is -0.481 e. The molecule has 0 radical (unpaired) electrons. The van der Waals surface area contributed by atoms with E-state index in [0.717, 1.165) is 12.8 Å². The fourth-order valence-corrected chi connectivity index (χ4v) is 2.02. The van der Waals surface area contributed by atoms with Crippen molar-refractivity contribution >= 4 is 16.8 Å². The third-order valence-electron chi connectivity index (χ3n) is 1.76. The van der Waals surface area contributed by atoms with Crippen molar-refractivity contribution in [3.05, 3.63) is 0 Å². The molecule has 4 heteroatoms. The van der Waals surface area contributed by atoms with Crippen LogP contribution in [0, 0.1) is 0 Å². The highest BCUT2D eigenvalue weighted by atomic mass is 32.2. The van der Waals surface area contributed by atoms with Crippen LogP contribution in [0.5, 0.6) is 0 Å². The SMILES string of the molecule is CCCCCCCS(=O)CC(=O)O. The maximum absolute atomic E-state index is 11.0. The monoisotopic (exact) mass is 206 g/mol. The molecule has 0 aromatic rings. The molecule has 0 saturated carbocycles. The number of aliphatic carboxylic acids is 1. The molecule has 0 aliphatic carbocycles. The second kappa shape index (κ2) is 8.23. The van der Waals surface area contributed by atoms with Crippen LogP contribution in [0.4, 0.5) is 0 Å². The quantitative estimate of drug-likeness (QED) is 0.616. The van der Waals surface area contributed by atoms with Gasteiger partial charge >= 0.3 is 5.97 Å². The molecular weight excluding hydrogens is 188 g/mol. The molecule has 13 heavy (non-hydrogen) atoms. The van der Waals surface area contributed by atoms with Crippen molar-refractivity contribution in [2.75, 3.05) is 11.5 Å². The van der Waals surface area contributed by atoms with Crippen molar-refractivity contribution in [1.29, 1.82) is 0 Å². The van der Waals surface area contributed by atoms with Crippen LogP contribution in [0.2, 0.25) is 0 Å². The maximum Gasteiger partial charge on any atom is 0.316 e. The number of rotatable bonds is 8. The number of carboxylic acids is 1. The van der Waals surface area contributed by atoms with E-state index in [4.69, 9.17) is 5.11 Å². The molecule has 0 fully saturated rings. The summed E-state index contributed by atoms with van der Waals surface area (Å²) in [5.74, 6) is -0.629. The molecule has 0 aromatic carbocycles.